The van der Waals surface area contributed by atoms with Crippen molar-refractivity contribution in [3.8, 4) is 50.8 Å². The highest BCUT2D eigenvalue weighted by Crippen LogP contribution is 2.54. The van der Waals surface area contributed by atoms with Crippen molar-refractivity contribution in [2.75, 3.05) is 0 Å². The minimum Gasteiger partial charge on any atom is -0.307 e. The molecule has 0 amide bonds. The van der Waals surface area contributed by atoms with Gasteiger partial charge in [0, 0.05) is 78.4 Å². The van der Waals surface area contributed by atoms with Crippen LogP contribution in [0.1, 0.15) is 5.56 Å². The van der Waals surface area contributed by atoms with Crippen molar-refractivity contribution in [2.24, 2.45) is 0 Å². The molecule has 7 heteroatoms. The lowest BCUT2D eigenvalue weighted by atomic mass is 9.82. The fourth-order valence-electron chi connectivity index (χ4n) is 10.9. The molecule has 0 radical (unpaired) electrons. The van der Waals surface area contributed by atoms with Crippen molar-refractivity contribution < 1.29 is 0 Å². The van der Waals surface area contributed by atoms with Crippen LogP contribution < -0.4 is 0 Å². The Balaban J connectivity index is 1.30. The number of pyridine rings is 2. The highest BCUT2D eigenvalue weighted by molar-refractivity contribution is 6.35. The third-order valence-corrected chi connectivity index (χ3v) is 13.3. The summed E-state index contributed by atoms with van der Waals surface area (Å²) in [4.78, 5) is 19.5. The van der Waals surface area contributed by atoms with Crippen LogP contribution in [0, 0.1) is 11.3 Å². The predicted octanol–water partition coefficient (Wildman–Crippen LogP) is 13.8. The first kappa shape index (κ1) is 34.7. The van der Waals surface area contributed by atoms with Gasteiger partial charge in [-0.2, -0.15) is 5.26 Å². The van der Waals surface area contributed by atoms with Crippen LogP contribution in [-0.4, -0.2) is 29.1 Å². The lowest BCUT2D eigenvalue weighted by molar-refractivity contribution is 1.12. The summed E-state index contributed by atoms with van der Waals surface area (Å²) in [5.41, 5.74) is 14.7. The highest BCUT2D eigenvalue weighted by atomic mass is 15.0. The number of hydrogen-bond acceptors (Lipinski definition) is 5. The smallest absolute Gasteiger partial charge is 0.116 e. The van der Waals surface area contributed by atoms with E-state index in [1.165, 1.54) is 0 Å². The SMILES string of the molecule is N#Cc1c(-n2c3cccc4c5cncnc5c5cccc2c5c43)c(-c2ccccc2)c(-c2ccccc2)c(-c2ccccc2)c1-n1c2ccnc3c4ccccc4c4nccc1c4c32. The number of nitrogens with zero attached hydrogens (tertiary/aromatic N) is 7. The lowest BCUT2D eigenvalue weighted by Gasteiger charge is -2.27. The molecule has 14 aromatic rings. The van der Waals surface area contributed by atoms with Gasteiger partial charge < -0.3 is 9.13 Å². The fourth-order valence-corrected chi connectivity index (χ4v) is 10.9. The number of aromatic nitrogens is 6. The zero-order valence-electron chi connectivity index (χ0n) is 34.0. The summed E-state index contributed by atoms with van der Waals surface area (Å²) < 4.78 is 4.68. The Morgan fingerprint density at radius 3 is 1.36 bits per heavy atom. The van der Waals surface area contributed by atoms with Crippen LogP contribution in [0.4, 0.5) is 0 Å². The Hall–Kier alpha value is -8.99. The zero-order valence-corrected chi connectivity index (χ0v) is 34.0. The lowest BCUT2D eigenvalue weighted by Crippen LogP contribution is -2.11. The molecule has 5 heterocycles. The van der Waals surface area contributed by atoms with Crippen molar-refractivity contribution in [3.63, 3.8) is 0 Å². The average Bonchev–Trinajstić information content (AvgIpc) is 3.89. The minimum atomic E-state index is 0.538. The van der Waals surface area contributed by atoms with Crippen molar-refractivity contribution in [2.45, 2.75) is 0 Å². The average molecular weight is 814 g/mol. The summed E-state index contributed by atoms with van der Waals surface area (Å²) >= 11 is 0. The van der Waals surface area contributed by atoms with Crippen molar-refractivity contribution in [1.29, 1.82) is 5.26 Å². The summed E-state index contributed by atoms with van der Waals surface area (Å²) in [5.74, 6) is 0. The summed E-state index contributed by atoms with van der Waals surface area (Å²) in [7, 11) is 0. The van der Waals surface area contributed by atoms with E-state index in [0.717, 1.165) is 132 Å². The number of nitriles is 1. The van der Waals surface area contributed by atoms with Crippen molar-refractivity contribution in [1.82, 2.24) is 29.1 Å². The number of fused-ring (bicyclic) bond motifs is 6. The maximum atomic E-state index is 12.3. The van der Waals surface area contributed by atoms with Gasteiger partial charge in [0.2, 0.25) is 0 Å². The number of hydrogen-bond donors (Lipinski definition) is 0. The molecule has 0 N–H and O–H groups in total. The normalized spacial score (nSPS) is 12.0. The monoisotopic (exact) mass is 813 g/mol. The molecule has 5 aromatic heterocycles. The highest BCUT2D eigenvalue weighted by Gasteiger charge is 2.33. The molecular formula is C57H31N7. The van der Waals surface area contributed by atoms with Crippen LogP contribution >= 0.6 is 0 Å². The summed E-state index contributed by atoms with van der Waals surface area (Å²) in [6.45, 7) is 0. The molecule has 0 aliphatic rings. The molecule has 294 valence electrons. The second-order valence-electron chi connectivity index (χ2n) is 16.4. The Bertz CT molecular complexity index is 3820. The maximum absolute atomic E-state index is 12.3. The quantitative estimate of drug-likeness (QED) is 0.162. The molecule has 0 aliphatic heterocycles. The van der Waals surface area contributed by atoms with E-state index in [1.807, 2.05) is 18.6 Å². The van der Waals surface area contributed by atoms with Crippen LogP contribution in [0.2, 0.25) is 0 Å². The molecular weight excluding hydrogens is 783 g/mol. The minimum absolute atomic E-state index is 0.538. The van der Waals surface area contributed by atoms with E-state index < -0.39 is 0 Å². The predicted molar refractivity (Wildman–Crippen MR) is 260 cm³/mol. The standard InChI is InChI=1S/C57H31N7/c58-30-40-56(63-42-24-12-22-36-41-31-59-32-62-53(41)39-23-13-25-43(63)50(39)49(36)42)47(34-16-6-2-7-17-34)46(33-14-4-1-5-15-33)48(35-18-8-3-9-19-35)57(40)64-44-26-28-60-54-37-20-10-11-21-38(37)55-52(51(44)54)45(64)27-29-61-55/h1-29,31-32H. The van der Waals surface area contributed by atoms with E-state index in [9.17, 15) is 5.26 Å². The third-order valence-electron chi connectivity index (χ3n) is 13.3. The van der Waals surface area contributed by atoms with Gasteiger partial charge in [0.05, 0.1) is 50.0 Å². The molecule has 0 aliphatic carbocycles. The van der Waals surface area contributed by atoms with Gasteiger partial charge in [0.25, 0.3) is 0 Å². The van der Waals surface area contributed by atoms with Gasteiger partial charge in [0.1, 0.15) is 18.0 Å². The Morgan fingerprint density at radius 2 is 0.828 bits per heavy atom. The van der Waals surface area contributed by atoms with Gasteiger partial charge in [-0.1, -0.05) is 140 Å². The Kier molecular flexibility index (Phi) is 7.05. The van der Waals surface area contributed by atoms with Crippen LogP contribution in [0.5, 0.6) is 0 Å². The van der Waals surface area contributed by atoms with E-state index in [0.29, 0.717) is 5.56 Å². The molecule has 14 rings (SSSR count). The molecule has 0 bridgehead atoms. The van der Waals surface area contributed by atoms with Gasteiger partial charge in [-0.25, -0.2) is 9.97 Å². The van der Waals surface area contributed by atoms with Crippen LogP contribution in [0.3, 0.4) is 0 Å². The topological polar surface area (TPSA) is 85.2 Å². The fraction of sp³-hybridized carbons (Fsp3) is 0. The van der Waals surface area contributed by atoms with Gasteiger partial charge in [-0.15, -0.1) is 0 Å². The second kappa shape index (κ2) is 13.0. The molecule has 0 fully saturated rings. The molecule has 64 heavy (non-hydrogen) atoms. The molecule has 0 spiro atoms. The Labute approximate surface area is 365 Å². The molecule has 0 saturated heterocycles. The maximum Gasteiger partial charge on any atom is 0.116 e. The largest absolute Gasteiger partial charge is 0.307 e. The first-order valence-electron chi connectivity index (χ1n) is 21.4. The first-order chi connectivity index (χ1) is 31.8. The number of benzene rings is 9. The van der Waals surface area contributed by atoms with Gasteiger partial charge >= 0.3 is 0 Å². The van der Waals surface area contributed by atoms with Crippen LogP contribution in [0.25, 0.3) is 132 Å². The molecule has 0 saturated carbocycles. The number of rotatable bonds is 5. The van der Waals surface area contributed by atoms with Gasteiger partial charge in [-0.05, 0) is 46.3 Å². The molecule has 7 nitrogen and oxygen atoms in total. The van der Waals surface area contributed by atoms with Crippen LogP contribution in [0.15, 0.2) is 189 Å². The van der Waals surface area contributed by atoms with E-state index in [2.05, 4.69) is 184 Å². The summed E-state index contributed by atoms with van der Waals surface area (Å²) in [5, 5.41) is 21.7. The second-order valence-corrected chi connectivity index (χ2v) is 16.4. The van der Waals surface area contributed by atoms with Crippen molar-refractivity contribution >= 4 is 87.1 Å². The molecule has 0 atom stereocenters. The zero-order chi connectivity index (χ0) is 42.0. The van der Waals surface area contributed by atoms with Crippen LogP contribution in [-0.2, 0) is 0 Å². The summed E-state index contributed by atoms with van der Waals surface area (Å²) in [6, 6.07) is 60.2. The third kappa shape index (κ3) is 4.47. The van der Waals surface area contributed by atoms with Gasteiger partial charge in [0.15, 0.2) is 0 Å². The Morgan fingerprint density at radius 1 is 0.375 bits per heavy atom. The van der Waals surface area contributed by atoms with E-state index in [4.69, 9.17) is 15.0 Å². The van der Waals surface area contributed by atoms with E-state index in [-0.39, 0.29) is 0 Å². The van der Waals surface area contributed by atoms with E-state index >= 15 is 0 Å². The van der Waals surface area contributed by atoms with Gasteiger partial charge in [-0.3, -0.25) is 9.97 Å². The van der Waals surface area contributed by atoms with Crippen molar-refractivity contribution in [3.05, 3.63) is 194 Å². The van der Waals surface area contributed by atoms with E-state index in [1.54, 1.807) is 6.33 Å². The molecule has 0 unspecified atom stereocenters. The summed E-state index contributed by atoms with van der Waals surface area (Å²) in [6.07, 6.45) is 7.36. The first-order valence-corrected chi connectivity index (χ1v) is 21.4. The molecule has 9 aromatic carbocycles.